The Kier molecular flexibility index (Phi) is 5.26. The zero-order chi connectivity index (χ0) is 19.7. The number of nitrogens with zero attached hydrogens (tertiary/aromatic N) is 1. The van der Waals surface area contributed by atoms with Gasteiger partial charge in [0.05, 0.1) is 5.92 Å². The van der Waals surface area contributed by atoms with E-state index in [1.54, 1.807) is 24.8 Å². The van der Waals surface area contributed by atoms with Crippen LogP contribution in [-0.4, -0.2) is 35.0 Å². The van der Waals surface area contributed by atoms with Crippen molar-refractivity contribution in [2.75, 3.05) is 13.1 Å². The first-order chi connectivity index (χ1) is 12.8. The molecule has 1 fully saturated rings. The van der Waals surface area contributed by atoms with Crippen LogP contribution in [0.3, 0.4) is 0 Å². The maximum absolute atomic E-state index is 14.6. The minimum absolute atomic E-state index is 0.161. The van der Waals surface area contributed by atoms with Gasteiger partial charge in [-0.2, -0.15) is 0 Å². The number of carbonyl (C=O) groups is 2. The van der Waals surface area contributed by atoms with E-state index in [-0.39, 0.29) is 23.2 Å². The van der Waals surface area contributed by atoms with E-state index in [1.165, 1.54) is 30.3 Å². The summed E-state index contributed by atoms with van der Waals surface area (Å²) < 4.78 is 27.9. The predicted octanol–water partition coefficient (Wildman–Crippen LogP) is 4.12. The van der Waals surface area contributed by atoms with Gasteiger partial charge < -0.3 is 10.0 Å². The first-order valence-corrected chi connectivity index (χ1v) is 8.86. The van der Waals surface area contributed by atoms with Crippen molar-refractivity contribution in [1.82, 2.24) is 4.90 Å². The fraction of sp³-hybridized carbons (Fsp3) is 0.333. The molecule has 0 radical (unpaired) electrons. The standard InChI is InChI=1S/C21H21F2NO3/c1-12-9-15(22)4-6-16(12)18-5-3-14(10-19(18)23)20(25)24-8-7-17(21(26)27)13(2)11-24/h3-6,9-10,13,17H,7-8,11H2,1-2H3,(H,26,27). The molecule has 0 aliphatic carbocycles. The van der Waals surface area contributed by atoms with E-state index >= 15 is 0 Å². The number of hydrogen-bond donors (Lipinski definition) is 1. The van der Waals surface area contributed by atoms with Crippen molar-refractivity contribution in [3.05, 3.63) is 59.2 Å². The van der Waals surface area contributed by atoms with Crippen molar-refractivity contribution in [3.63, 3.8) is 0 Å². The van der Waals surface area contributed by atoms with E-state index in [2.05, 4.69) is 0 Å². The summed E-state index contributed by atoms with van der Waals surface area (Å²) in [5.74, 6) is -2.72. The molecule has 4 nitrogen and oxygen atoms in total. The lowest BCUT2D eigenvalue weighted by Gasteiger charge is -2.35. The van der Waals surface area contributed by atoms with Crippen molar-refractivity contribution in [1.29, 1.82) is 0 Å². The van der Waals surface area contributed by atoms with Crippen LogP contribution in [0.1, 0.15) is 29.3 Å². The summed E-state index contributed by atoms with van der Waals surface area (Å²) in [4.78, 5) is 25.5. The minimum Gasteiger partial charge on any atom is -0.481 e. The summed E-state index contributed by atoms with van der Waals surface area (Å²) in [5, 5.41) is 9.19. The van der Waals surface area contributed by atoms with Crippen molar-refractivity contribution < 1.29 is 23.5 Å². The van der Waals surface area contributed by atoms with Crippen LogP contribution in [0.15, 0.2) is 36.4 Å². The van der Waals surface area contributed by atoms with Gasteiger partial charge in [0, 0.05) is 24.2 Å². The average Bonchev–Trinajstić information content (AvgIpc) is 2.61. The van der Waals surface area contributed by atoms with Gasteiger partial charge in [0.2, 0.25) is 0 Å². The van der Waals surface area contributed by atoms with Crippen molar-refractivity contribution in [2.24, 2.45) is 11.8 Å². The summed E-state index contributed by atoms with van der Waals surface area (Å²) in [6.45, 7) is 4.17. The summed E-state index contributed by atoms with van der Waals surface area (Å²) in [6, 6.07) is 8.39. The molecule has 6 heteroatoms. The Labute approximate surface area is 156 Å². The molecule has 1 amide bonds. The van der Waals surface area contributed by atoms with Gasteiger partial charge in [-0.15, -0.1) is 0 Å². The number of aryl methyl sites for hydroxylation is 1. The number of piperidine rings is 1. The molecule has 3 rings (SSSR count). The normalized spacial score (nSPS) is 19.8. The second kappa shape index (κ2) is 7.47. The van der Waals surface area contributed by atoms with Crippen LogP contribution in [-0.2, 0) is 4.79 Å². The van der Waals surface area contributed by atoms with E-state index in [0.717, 1.165) is 0 Å². The van der Waals surface area contributed by atoms with Gasteiger partial charge in [-0.1, -0.05) is 19.1 Å². The first-order valence-electron chi connectivity index (χ1n) is 8.86. The number of carboxylic acid groups (broad SMARTS) is 1. The molecule has 27 heavy (non-hydrogen) atoms. The van der Waals surface area contributed by atoms with Crippen molar-refractivity contribution in [2.45, 2.75) is 20.3 Å². The fourth-order valence-corrected chi connectivity index (χ4v) is 3.68. The first kappa shape index (κ1) is 19.0. The minimum atomic E-state index is -0.848. The third kappa shape index (κ3) is 3.84. The average molecular weight is 373 g/mol. The molecule has 1 aliphatic rings. The highest BCUT2D eigenvalue weighted by atomic mass is 19.1. The number of halogens is 2. The smallest absolute Gasteiger partial charge is 0.306 e. The van der Waals surface area contributed by atoms with Crippen LogP contribution in [0, 0.1) is 30.4 Å². The van der Waals surface area contributed by atoms with Gasteiger partial charge in [0.25, 0.3) is 5.91 Å². The Morgan fingerprint density at radius 1 is 1.11 bits per heavy atom. The Hall–Kier alpha value is -2.76. The number of rotatable bonds is 3. The molecule has 142 valence electrons. The molecule has 2 aromatic rings. The molecule has 1 heterocycles. The zero-order valence-electron chi connectivity index (χ0n) is 15.2. The highest BCUT2D eigenvalue weighted by molar-refractivity contribution is 5.95. The van der Waals surface area contributed by atoms with Gasteiger partial charge in [-0.25, -0.2) is 8.78 Å². The van der Waals surface area contributed by atoms with E-state index in [1.807, 2.05) is 0 Å². The molecular formula is C21H21F2NO3. The van der Waals surface area contributed by atoms with Crippen LogP contribution in [0.2, 0.25) is 0 Å². The topological polar surface area (TPSA) is 57.6 Å². The number of likely N-dealkylation sites (tertiary alicyclic amines) is 1. The molecule has 2 atom stereocenters. The molecular weight excluding hydrogens is 352 g/mol. The third-order valence-corrected chi connectivity index (χ3v) is 5.20. The van der Waals surface area contributed by atoms with E-state index in [0.29, 0.717) is 36.2 Å². The Balaban J connectivity index is 1.81. The van der Waals surface area contributed by atoms with Gasteiger partial charge in [-0.05, 0) is 54.7 Å². The number of benzene rings is 2. The van der Waals surface area contributed by atoms with Crippen LogP contribution in [0.25, 0.3) is 11.1 Å². The molecule has 2 aromatic carbocycles. The molecule has 1 N–H and O–H groups in total. The second-order valence-electron chi connectivity index (χ2n) is 7.12. The predicted molar refractivity (Wildman–Crippen MR) is 97.3 cm³/mol. The van der Waals surface area contributed by atoms with Gasteiger partial charge in [-0.3, -0.25) is 9.59 Å². The van der Waals surface area contributed by atoms with Crippen molar-refractivity contribution in [3.8, 4) is 11.1 Å². The lowest BCUT2D eigenvalue weighted by atomic mass is 9.86. The molecule has 1 saturated heterocycles. The summed E-state index contributed by atoms with van der Waals surface area (Å²) in [7, 11) is 0. The zero-order valence-corrected chi connectivity index (χ0v) is 15.2. The number of carbonyl (C=O) groups excluding carboxylic acids is 1. The largest absolute Gasteiger partial charge is 0.481 e. The molecule has 2 unspecified atom stereocenters. The number of amides is 1. The van der Waals surface area contributed by atoms with Crippen LogP contribution in [0.4, 0.5) is 8.78 Å². The summed E-state index contributed by atoms with van der Waals surface area (Å²) >= 11 is 0. The van der Waals surface area contributed by atoms with Gasteiger partial charge in [0.15, 0.2) is 0 Å². The molecule has 1 aliphatic heterocycles. The van der Waals surface area contributed by atoms with Crippen LogP contribution < -0.4 is 0 Å². The fourth-order valence-electron chi connectivity index (χ4n) is 3.68. The SMILES string of the molecule is Cc1cc(F)ccc1-c1ccc(C(=O)N2CCC(C(=O)O)C(C)C2)cc1F. The molecule has 0 aromatic heterocycles. The molecule has 0 saturated carbocycles. The third-order valence-electron chi connectivity index (χ3n) is 5.20. The summed E-state index contributed by atoms with van der Waals surface area (Å²) in [5.41, 5.74) is 1.71. The number of aliphatic carboxylic acids is 1. The quantitative estimate of drug-likeness (QED) is 0.880. The Bertz CT molecular complexity index is 897. The van der Waals surface area contributed by atoms with Gasteiger partial charge >= 0.3 is 5.97 Å². The van der Waals surface area contributed by atoms with Gasteiger partial charge in [0.1, 0.15) is 11.6 Å². The lowest BCUT2D eigenvalue weighted by molar-refractivity contribution is -0.145. The monoisotopic (exact) mass is 373 g/mol. The molecule has 0 spiro atoms. The number of hydrogen-bond acceptors (Lipinski definition) is 2. The highest BCUT2D eigenvalue weighted by Crippen LogP contribution is 2.29. The van der Waals surface area contributed by atoms with Crippen LogP contribution >= 0.6 is 0 Å². The maximum Gasteiger partial charge on any atom is 0.306 e. The van der Waals surface area contributed by atoms with E-state index in [9.17, 15) is 23.5 Å². The van der Waals surface area contributed by atoms with Crippen LogP contribution in [0.5, 0.6) is 0 Å². The molecule has 0 bridgehead atoms. The Morgan fingerprint density at radius 3 is 2.41 bits per heavy atom. The van der Waals surface area contributed by atoms with E-state index in [4.69, 9.17) is 0 Å². The lowest BCUT2D eigenvalue weighted by Crippen LogP contribution is -2.45. The second-order valence-corrected chi connectivity index (χ2v) is 7.12. The van der Waals surface area contributed by atoms with E-state index < -0.39 is 17.7 Å². The maximum atomic E-state index is 14.6. The van der Waals surface area contributed by atoms with Crippen molar-refractivity contribution >= 4 is 11.9 Å². The summed E-state index contributed by atoms with van der Waals surface area (Å²) in [6.07, 6.45) is 0.386. The number of carboxylic acids is 1. The Morgan fingerprint density at radius 2 is 1.81 bits per heavy atom. The highest BCUT2D eigenvalue weighted by Gasteiger charge is 2.33.